The number of halogens is 9. The van der Waals surface area contributed by atoms with E-state index < -0.39 is 48.7 Å². The summed E-state index contributed by atoms with van der Waals surface area (Å²) in [7, 11) is 5.64. The first kappa shape index (κ1) is 109. The Bertz CT molecular complexity index is 2900. The van der Waals surface area contributed by atoms with Crippen LogP contribution in [0.2, 0.25) is 0 Å². The quantitative estimate of drug-likeness (QED) is 0.167. The Morgan fingerprint density at radius 2 is 1.06 bits per heavy atom. The number of hydrogen-bond donors (Lipinski definition) is 1. The predicted octanol–water partition coefficient (Wildman–Crippen LogP) is 26.7. The average Bonchev–Trinajstić information content (AvgIpc) is 0.923. The smallest absolute Gasteiger partial charge is 0.345 e. The number of likely N-dealkylation sites (N-methyl/N-ethyl adjacent to an activating group) is 1. The van der Waals surface area contributed by atoms with Crippen molar-refractivity contribution in [3.63, 3.8) is 0 Å². The van der Waals surface area contributed by atoms with Crippen molar-refractivity contribution in [3.05, 3.63) is 102 Å². The fraction of sp³-hybridized carbons (Fsp3) is 0.756. The van der Waals surface area contributed by atoms with Crippen molar-refractivity contribution in [2.75, 3.05) is 54.1 Å². The van der Waals surface area contributed by atoms with Crippen LogP contribution in [-0.4, -0.2) is 118 Å². The fourth-order valence-electron chi connectivity index (χ4n) is 9.26. The van der Waals surface area contributed by atoms with Crippen LogP contribution in [0.4, 0.5) is 39.5 Å². The van der Waals surface area contributed by atoms with Crippen LogP contribution < -0.4 is 19.5 Å². The van der Waals surface area contributed by atoms with Gasteiger partial charge >= 0.3 is 6.61 Å². The lowest BCUT2D eigenvalue weighted by Gasteiger charge is -2.46. The average molecular weight is 1550 g/mol. The third-order valence-electron chi connectivity index (χ3n) is 15.9. The number of nitriles is 1. The highest BCUT2D eigenvalue weighted by atomic mass is 19.3. The van der Waals surface area contributed by atoms with Gasteiger partial charge in [-0.25, -0.2) is 26.3 Å². The summed E-state index contributed by atoms with van der Waals surface area (Å²) in [5.74, 6) is 4.82. The molecule has 1 amide bonds. The minimum atomic E-state index is -2.66. The molecule has 4 aliphatic rings. The number of hydrogen-bond acceptors (Lipinski definition) is 8. The number of ether oxygens (including phenoxy) is 4. The highest BCUT2D eigenvalue weighted by Gasteiger charge is 2.45. The van der Waals surface area contributed by atoms with Gasteiger partial charge in [0.05, 0.1) is 24.3 Å². The molecule has 3 fully saturated rings. The molecular weight excluding hydrogens is 1390 g/mol. The molecular formula is C90H157F9N4O5. The van der Waals surface area contributed by atoms with Gasteiger partial charge in [-0.05, 0) is 238 Å². The van der Waals surface area contributed by atoms with Crippen LogP contribution in [0.3, 0.4) is 0 Å². The summed E-state index contributed by atoms with van der Waals surface area (Å²) in [5, 5.41) is 11.9. The minimum absolute atomic E-state index is 0.00214. The Hall–Kier alpha value is -4.99. The van der Waals surface area contributed by atoms with Gasteiger partial charge in [-0.2, -0.15) is 14.0 Å². The maximum Gasteiger partial charge on any atom is 0.345 e. The van der Waals surface area contributed by atoms with Crippen molar-refractivity contribution < 1.29 is 63.3 Å². The van der Waals surface area contributed by atoms with Crippen LogP contribution in [0.15, 0.2) is 79.4 Å². The Balaban J connectivity index is -0.000000563. The number of rotatable bonds is 9. The summed E-state index contributed by atoms with van der Waals surface area (Å²) in [4.78, 5) is 15.5. The molecule has 2 saturated carbocycles. The van der Waals surface area contributed by atoms with Crippen LogP contribution in [0.5, 0.6) is 17.2 Å². The molecule has 3 atom stereocenters. The standard InChI is InChI=1S/C15H23NO.C13H19NO2.C13H19NO.C8H13N.C7H14.2C6H12F2.C6H13F.C6H12.C5H10F2O.C5H10F2/c1-14(2,3)17-13-8-6-7-12(9-13)15(4)10-16(5)11-15;1-13(2,3)16-11-8-6-10(7-9-11)12(15)14(4)5;1-13(2,3)15-12-5-4-10-6-7-14-9-11(10)8-12;1-8(2,3)7-4-6(7)5-9;1-7(2,3)6-4-5-6;1-6(2,3)5(8)4-7;1-6(2,3)4-5(7)8;1-6(2,3)4-5-7;1-5-6(2,3)4;1-5(2,3)8-4(6)7;1-5(2,3)4(6)7/h6-9H,10-11H2,1-5H3;6-9H,1-5H3;4-5,8,14H,6-7,9H2,1-3H3;6-7H,4H2,1-3H3;6H,4-5H2,1-3H3;2*5H,4H2,1-3H3;4-5H2,1-3H3;5H,1H2,2-4H3;4H,1-3H3;4H,1-3H3/t;;;6-,7+;;;;;;;/m...0......./s1. The molecule has 0 spiro atoms. The topological polar surface area (TPSA) is 96.3 Å². The first-order valence-electron chi connectivity index (χ1n) is 38.5. The van der Waals surface area contributed by atoms with E-state index in [-0.39, 0.29) is 46.6 Å². The zero-order chi connectivity index (χ0) is 86.0. The van der Waals surface area contributed by atoms with Gasteiger partial charge in [0.1, 0.15) is 46.9 Å². The Labute approximate surface area is 655 Å². The summed E-state index contributed by atoms with van der Waals surface area (Å²) in [6, 6.07) is 24.5. The van der Waals surface area contributed by atoms with Gasteiger partial charge in [0, 0.05) is 56.5 Å². The van der Waals surface area contributed by atoms with Crippen LogP contribution in [0.25, 0.3) is 0 Å². The molecule has 0 radical (unpaired) electrons. The molecule has 1 unspecified atom stereocenters. The predicted molar refractivity (Wildman–Crippen MR) is 440 cm³/mol. The Morgan fingerprint density at radius 1 is 0.620 bits per heavy atom. The lowest BCUT2D eigenvalue weighted by molar-refractivity contribution is -0.189. The second-order valence-electron chi connectivity index (χ2n) is 40.9. The molecule has 9 nitrogen and oxygen atoms in total. The van der Waals surface area contributed by atoms with E-state index >= 15 is 0 Å². The molecule has 7 rings (SSSR count). The fourth-order valence-corrected chi connectivity index (χ4v) is 9.26. The molecule has 2 aliphatic heterocycles. The molecule has 0 bridgehead atoms. The molecule has 2 aliphatic carbocycles. The number of amides is 1. The lowest BCUT2D eigenvalue weighted by Crippen LogP contribution is -2.55. The minimum Gasteiger partial charge on any atom is -0.488 e. The maximum atomic E-state index is 12.3. The highest BCUT2D eigenvalue weighted by Crippen LogP contribution is 2.50. The number of likely N-dealkylation sites (tertiary alicyclic amines) is 1. The normalized spacial score (nSPS) is 16.6. The highest BCUT2D eigenvalue weighted by molar-refractivity contribution is 5.93. The molecule has 1 N–H and O–H groups in total. The first-order valence-corrected chi connectivity index (χ1v) is 38.5. The number of carbonyl (C=O) groups excluding carboxylic acids is 1. The maximum absolute atomic E-state index is 12.3. The summed E-state index contributed by atoms with van der Waals surface area (Å²) in [6.07, 6.45) is 2.13. The zero-order valence-electron chi connectivity index (χ0n) is 74.9. The van der Waals surface area contributed by atoms with Crippen molar-refractivity contribution in [1.29, 1.82) is 5.26 Å². The Kier molecular flexibility index (Phi) is 48.1. The van der Waals surface area contributed by atoms with Gasteiger partial charge in [-0.15, -0.1) is 6.58 Å². The van der Waals surface area contributed by atoms with Gasteiger partial charge in [0.25, 0.3) is 5.91 Å². The van der Waals surface area contributed by atoms with E-state index in [1.807, 2.05) is 65.8 Å². The number of fused-ring (bicyclic) bond motifs is 1. The van der Waals surface area contributed by atoms with Gasteiger partial charge in [-0.3, -0.25) is 9.18 Å². The number of alkyl halides is 9. The van der Waals surface area contributed by atoms with Crippen LogP contribution in [-0.2, 0) is 23.1 Å². The van der Waals surface area contributed by atoms with Crippen molar-refractivity contribution in [3.8, 4) is 23.3 Å². The van der Waals surface area contributed by atoms with Crippen LogP contribution in [0.1, 0.15) is 295 Å². The molecule has 18 heteroatoms. The molecule has 2 heterocycles. The summed E-state index contributed by atoms with van der Waals surface area (Å²) in [5.41, 5.74) is 3.86. The van der Waals surface area contributed by atoms with Crippen LogP contribution in [0, 0.1) is 67.0 Å². The molecule has 3 aromatic rings. The van der Waals surface area contributed by atoms with E-state index in [0.717, 1.165) is 62.2 Å². The molecule has 0 aromatic heterocycles. The molecule has 1 saturated heterocycles. The van der Waals surface area contributed by atoms with Gasteiger partial charge < -0.3 is 34.1 Å². The summed E-state index contributed by atoms with van der Waals surface area (Å²) in [6.45, 7) is 70.8. The monoisotopic (exact) mass is 1550 g/mol. The van der Waals surface area contributed by atoms with Gasteiger partial charge in [0.2, 0.25) is 12.9 Å². The number of allylic oxidation sites excluding steroid dienone is 1. The van der Waals surface area contributed by atoms with E-state index in [1.165, 1.54) is 50.3 Å². The number of nitrogens with zero attached hydrogens (tertiary/aromatic N) is 3. The van der Waals surface area contributed by atoms with E-state index in [4.69, 9.17) is 19.5 Å². The number of carbonyl (C=O) groups is 1. The first-order chi connectivity index (χ1) is 48.2. The third kappa shape index (κ3) is 61.7. The summed E-state index contributed by atoms with van der Waals surface area (Å²) < 4.78 is 126. The second kappa shape index (κ2) is 47.5. The SMILES string of the molecule is C=CC(C)(C)C.CC(C)(C)C(F)CF.CC(C)(C)C(F)F.CC(C)(C)C1CC1.CC(C)(C)CC(F)F.CC(C)(C)CCF.CC(C)(C)OC(F)F.CC(C)(C)Oc1ccc2c(c1)CNCC2.CC(C)(C)[C@@H]1C[C@H]1C#N.CN(C)C(=O)c1ccc(OC(C)(C)C)cc1.CN1CC(C)(c2cccc(OC(C)(C)C)c2)C1. The summed E-state index contributed by atoms with van der Waals surface area (Å²) >= 11 is 0. The zero-order valence-corrected chi connectivity index (χ0v) is 74.9. The van der Waals surface area contributed by atoms with Crippen molar-refractivity contribution in [1.82, 2.24) is 15.1 Å². The second-order valence-corrected chi connectivity index (χ2v) is 40.9. The van der Waals surface area contributed by atoms with Crippen LogP contribution >= 0.6 is 0 Å². The molecule has 630 valence electrons. The van der Waals surface area contributed by atoms with E-state index in [9.17, 15) is 44.3 Å². The van der Waals surface area contributed by atoms with Crippen molar-refractivity contribution in [2.45, 2.75) is 334 Å². The van der Waals surface area contributed by atoms with E-state index in [1.54, 1.807) is 93.4 Å². The third-order valence-corrected chi connectivity index (χ3v) is 15.9. The van der Waals surface area contributed by atoms with Gasteiger partial charge in [-0.1, -0.05) is 177 Å². The number of benzene rings is 3. The number of nitrogens with one attached hydrogen (secondary N) is 1. The lowest BCUT2D eigenvalue weighted by atomic mass is 9.76. The van der Waals surface area contributed by atoms with E-state index in [0.29, 0.717) is 45.5 Å². The van der Waals surface area contributed by atoms with E-state index in [2.05, 4.69) is 182 Å². The van der Waals surface area contributed by atoms with Crippen molar-refractivity contribution in [2.24, 2.45) is 55.7 Å². The largest absolute Gasteiger partial charge is 0.488 e. The Morgan fingerprint density at radius 3 is 1.30 bits per heavy atom. The molecule has 108 heavy (non-hydrogen) atoms. The van der Waals surface area contributed by atoms with Crippen molar-refractivity contribution >= 4 is 5.91 Å². The van der Waals surface area contributed by atoms with Gasteiger partial charge in [0.15, 0.2) is 0 Å². The molecule has 3 aromatic carbocycles.